The van der Waals surface area contributed by atoms with E-state index in [9.17, 15) is 9.00 Å². The zero-order valence-electron chi connectivity index (χ0n) is 22.3. The Hall–Kier alpha value is -4.03. The van der Waals surface area contributed by atoms with E-state index in [1.54, 1.807) is 41.5 Å². The molecule has 0 unspecified atom stereocenters. The van der Waals surface area contributed by atoms with Crippen molar-refractivity contribution in [1.29, 1.82) is 0 Å². The lowest BCUT2D eigenvalue weighted by atomic mass is 10.2. The van der Waals surface area contributed by atoms with E-state index in [1.165, 1.54) is 10.9 Å². The van der Waals surface area contributed by atoms with Crippen LogP contribution < -0.4 is 15.8 Å². The molecule has 0 spiro atoms. The predicted molar refractivity (Wildman–Crippen MR) is 155 cm³/mol. The van der Waals surface area contributed by atoms with Gasteiger partial charge >= 0.3 is 0 Å². The molecule has 0 aliphatic carbocycles. The minimum Gasteiger partial charge on any atom is -0.375 e. The molecule has 39 heavy (non-hydrogen) atoms. The van der Waals surface area contributed by atoms with Crippen molar-refractivity contribution in [2.75, 3.05) is 42.4 Å². The molecule has 3 aromatic heterocycles. The van der Waals surface area contributed by atoms with E-state index in [4.69, 9.17) is 4.74 Å². The van der Waals surface area contributed by atoms with E-state index < -0.39 is 9.73 Å². The third kappa shape index (κ3) is 5.86. The van der Waals surface area contributed by atoms with Crippen LogP contribution in [0.15, 0.2) is 70.5 Å². The van der Waals surface area contributed by atoms with Crippen molar-refractivity contribution in [2.24, 2.45) is 4.36 Å². The molecule has 12 heteroatoms. The first-order valence-corrected chi connectivity index (χ1v) is 15.1. The number of aromatic nitrogens is 5. The normalized spacial score (nSPS) is 15.9. The highest BCUT2D eigenvalue weighted by atomic mass is 32.2. The summed E-state index contributed by atoms with van der Waals surface area (Å²) in [5.74, 6) is 1.06. The number of benzene rings is 1. The van der Waals surface area contributed by atoms with Crippen molar-refractivity contribution in [3.8, 4) is 5.82 Å². The van der Waals surface area contributed by atoms with Crippen LogP contribution in [-0.2, 0) is 21.0 Å². The summed E-state index contributed by atoms with van der Waals surface area (Å²) in [5.41, 5.74) is 2.06. The van der Waals surface area contributed by atoms with Gasteiger partial charge in [-0.2, -0.15) is 9.35 Å². The van der Waals surface area contributed by atoms with E-state index in [-0.39, 0.29) is 18.2 Å². The Morgan fingerprint density at radius 3 is 2.72 bits per heavy atom. The van der Waals surface area contributed by atoms with Crippen molar-refractivity contribution in [2.45, 2.75) is 26.0 Å². The van der Waals surface area contributed by atoms with Gasteiger partial charge in [-0.3, -0.25) is 4.79 Å². The summed E-state index contributed by atoms with van der Waals surface area (Å²) in [6, 6.07) is 13.3. The third-order valence-electron chi connectivity index (χ3n) is 6.31. The molecule has 0 amide bonds. The molecule has 204 valence electrons. The molecule has 11 nitrogen and oxygen atoms in total. The zero-order chi connectivity index (χ0) is 27.6. The van der Waals surface area contributed by atoms with Crippen LogP contribution in [0.1, 0.15) is 13.3 Å². The molecule has 0 radical (unpaired) electrons. The van der Waals surface area contributed by atoms with Gasteiger partial charge in [0.25, 0.3) is 5.56 Å². The largest absolute Gasteiger partial charge is 0.375 e. The minimum atomic E-state index is -2.42. The van der Waals surface area contributed by atoms with Crippen molar-refractivity contribution < 1.29 is 8.95 Å². The van der Waals surface area contributed by atoms with Crippen LogP contribution in [0, 0.1) is 0 Å². The SMILES string of the molecule is C=CCn1c(=O)c2cnc(Nc3ccc(N4CCO[C@H](CC)C4)cc3)nc2n1-c1cccc(N=S(C)(C)=O)n1. The smallest absolute Gasteiger partial charge is 0.278 e. The van der Waals surface area contributed by atoms with Crippen LogP contribution in [0.3, 0.4) is 0 Å². The molecule has 4 heterocycles. The first-order chi connectivity index (χ1) is 18.8. The van der Waals surface area contributed by atoms with Gasteiger partial charge in [0.1, 0.15) is 5.39 Å². The number of anilines is 3. The number of rotatable bonds is 8. The molecule has 1 N–H and O–H groups in total. The number of nitrogens with one attached hydrogen (secondary N) is 1. The second-order valence-electron chi connectivity index (χ2n) is 9.56. The van der Waals surface area contributed by atoms with Crippen molar-refractivity contribution in [3.05, 3.63) is 71.7 Å². The standard InChI is InChI=1S/C27H32N8O3S/c1-5-14-34-26(36)22-17-28-27(29-19-10-12-20(13-11-19)33-15-16-38-21(6-2)18-33)31-25(22)35(34)24-9-7-8-23(30-24)32-39(3,4)37/h5,7-13,17,21H,1,6,14-16,18H2,2-4H3,(H,28,29,31)/t21-/m1/s1. The van der Waals surface area contributed by atoms with E-state index in [0.717, 1.165) is 37.5 Å². The first-order valence-electron chi connectivity index (χ1n) is 12.7. The highest BCUT2D eigenvalue weighted by molar-refractivity contribution is 7.92. The number of pyridine rings is 1. The highest BCUT2D eigenvalue weighted by Crippen LogP contribution is 2.24. The van der Waals surface area contributed by atoms with Crippen LogP contribution in [0.2, 0.25) is 0 Å². The Kier molecular flexibility index (Phi) is 7.49. The molecule has 1 aliphatic heterocycles. The van der Waals surface area contributed by atoms with Crippen LogP contribution in [0.4, 0.5) is 23.1 Å². The number of fused-ring (bicyclic) bond motifs is 1. The summed E-state index contributed by atoms with van der Waals surface area (Å²) in [6.45, 7) is 8.61. The second-order valence-corrected chi connectivity index (χ2v) is 12.1. The molecule has 1 aliphatic rings. The fourth-order valence-electron chi connectivity index (χ4n) is 4.50. The van der Waals surface area contributed by atoms with Crippen LogP contribution in [0.5, 0.6) is 0 Å². The Balaban J connectivity index is 1.49. The maximum absolute atomic E-state index is 13.2. The second kappa shape index (κ2) is 11.0. The van der Waals surface area contributed by atoms with Crippen molar-refractivity contribution in [1.82, 2.24) is 24.3 Å². The monoisotopic (exact) mass is 548 g/mol. The quantitative estimate of drug-likeness (QED) is 0.330. The Morgan fingerprint density at radius 1 is 1.21 bits per heavy atom. The molecule has 4 aromatic rings. The molecular formula is C27H32N8O3S. The van der Waals surface area contributed by atoms with E-state index in [2.05, 4.69) is 55.2 Å². The summed E-state index contributed by atoms with van der Waals surface area (Å²) in [7, 11) is -2.42. The molecular weight excluding hydrogens is 516 g/mol. The minimum absolute atomic E-state index is 0.237. The van der Waals surface area contributed by atoms with Gasteiger partial charge in [0.15, 0.2) is 17.3 Å². The lowest BCUT2D eigenvalue weighted by molar-refractivity contribution is 0.0384. The Morgan fingerprint density at radius 2 is 2.00 bits per heavy atom. The number of allylic oxidation sites excluding steroid dienone is 1. The molecule has 1 saturated heterocycles. The summed E-state index contributed by atoms with van der Waals surface area (Å²) in [6.07, 6.45) is 7.46. The van der Waals surface area contributed by atoms with Crippen LogP contribution in [0.25, 0.3) is 16.9 Å². The number of hydrogen-bond donors (Lipinski definition) is 1. The van der Waals surface area contributed by atoms with Gasteiger partial charge < -0.3 is 15.0 Å². The number of hydrogen-bond acceptors (Lipinski definition) is 9. The molecule has 1 fully saturated rings. The van der Waals surface area contributed by atoms with Crippen LogP contribution in [-0.4, -0.2) is 66.8 Å². The van der Waals surface area contributed by atoms with Crippen molar-refractivity contribution >= 4 is 43.9 Å². The lowest BCUT2D eigenvalue weighted by Gasteiger charge is -2.34. The van der Waals surface area contributed by atoms with Gasteiger partial charge in [-0.15, -0.1) is 6.58 Å². The molecule has 1 atom stereocenters. The van der Waals surface area contributed by atoms with Crippen LogP contribution >= 0.6 is 0 Å². The summed E-state index contributed by atoms with van der Waals surface area (Å²) in [5, 5.41) is 3.58. The predicted octanol–water partition coefficient (Wildman–Crippen LogP) is 3.88. The van der Waals surface area contributed by atoms with Gasteiger partial charge in [0, 0.05) is 52.9 Å². The average molecular weight is 549 g/mol. The molecule has 5 rings (SSSR count). The lowest BCUT2D eigenvalue weighted by Crippen LogP contribution is -2.42. The maximum Gasteiger partial charge on any atom is 0.278 e. The van der Waals surface area contributed by atoms with Gasteiger partial charge in [-0.25, -0.2) is 23.5 Å². The molecule has 0 bridgehead atoms. The highest BCUT2D eigenvalue weighted by Gasteiger charge is 2.20. The third-order valence-corrected chi connectivity index (χ3v) is 6.94. The summed E-state index contributed by atoms with van der Waals surface area (Å²) < 4.78 is 25.3. The van der Waals surface area contributed by atoms with Gasteiger partial charge in [0.2, 0.25) is 5.95 Å². The van der Waals surface area contributed by atoms with E-state index in [0.29, 0.717) is 28.6 Å². The fourth-order valence-corrected chi connectivity index (χ4v) is 5.05. The van der Waals surface area contributed by atoms with Gasteiger partial charge in [-0.1, -0.05) is 19.1 Å². The fraction of sp³-hybridized carbons (Fsp3) is 0.333. The Labute approximate surface area is 227 Å². The summed E-state index contributed by atoms with van der Waals surface area (Å²) >= 11 is 0. The van der Waals surface area contributed by atoms with Crippen molar-refractivity contribution in [3.63, 3.8) is 0 Å². The average Bonchev–Trinajstić information content (AvgIpc) is 3.19. The van der Waals surface area contributed by atoms with Gasteiger partial charge in [-0.05, 0) is 42.8 Å². The van der Waals surface area contributed by atoms with E-state index in [1.807, 2.05) is 12.1 Å². The number of morpholine rings is 1. The molecule has 0 saturated carbocycles. The zero-order valence-corrected chi connectivity index (χ0v) is 23.1. The first kappa shape index (κ1) is 26.6. The maximum atomic E-state index is 13.2. The van der Waals surface area contributed by atoms with E-state index >= 15 is 0 Å². The number of ether oxygens (including phenoxy) is 1. The topological polar surface area (TPSA) is 120 Å². The Bertz CT molecular complexity index is 1680. The van der Waals surface area contributed by atoms with Gasteiger partial charge in [0.05, 0.1) is 19.3 Å². The molecule has 1 aromatic carbocycles. The summed E-state index contributed by atoms with van der Waals surface area (Å²) in [4.78, 5) is 29.2. The number of nitrogens with zero attached hydrogens (tertiary/aromatic N) is 7.